The Hall–Kier alpha value is -3.45. The van der Waals surface area contributed by atoms with Gasteiger partial charge in [-0.2, -0.15) is 0 Å². The molecule has 0 aliphatic carbocycles. The number of methoxy groups -OCH3 is 1. The van der Waals surface area contributed by atoms with E-state index in [1.54, 1.807) is 12.1 Å². The van der Waals surface area contributed by atoms with Crippen LogP contribution in [0.5, 0.6) is 5.75 Å². The van der Waals surface area contributed by atoms with Crippen LogP contribution >= 0.6 is 11.3 Å². The van der Waals surface area contributed by atoms with Crippen LogP contribution < -0.4 is 4.74 Å². The molecule has 1 unspecified atom stereocenters. The molecule has 7 heteroatoms. The fourth-order valence-electron chi connectivity index (χ4n) is 3.76. The van der Waals surface area contributed by atoms with Gasteiger partial charge in [-0.05, 0) is 48.2 Å². The number of carbonyl (C=O) groups excluding carboxylic acids is 2. The first-order valence-electron chi connectivity index (χ1n) is 9.62. The maximum atomic E-state index is 13.6. The minimum absolute atomic E-state index is 0.0444. The molecule has 31 heavy (non-hydrogen) atoms. The minimum atomic E-state index is -0.854. The van der Waals surface area contributed by atoms with Crippen molar-refractivity contribution in [3.05, 3.63) is 92.9 Å². The summed E-state index contributed by atoms with van der Waals surface area (Å²) in [5.41, 5.74) is 1.67. The maximum Gasteiger partial charge on any atom is 0.295 e. The van der Waals surface area contributed by atoms with Gasteiger partial charge in [0.1, 0.15) is 17.3 Å². The molecule has 2 heterocycles. The third kappa shape index (κ3) is 3.84. The van der Waals surface area contributed by atoms with Gasteiger partial charge < -0.3 is 14.7 Å². The van der Waals surface area contributed by atoms with Gasteiger partial charge >= 0.3 is 0 Å². The van der Waals surface area contributed by atoms with E-state index in [2.05, 4.69) is 0 Å². The van der Waals surface area contributed by atoms with Gasteiger partial charge in [-0.3, -0.25) is 9.59 Å². The number of aryl methyl sites for hydroxylation is 1. The molecular weight excluding hydrogens is 417 g/mol. The van der Waals surface area contributed by atoms with Crippen molar-refractivity contribution in [1.82, 2.24) is 4.90 Å². The second kappa shape index (κ2) is 8.35. The zero-order valence-corrected chi connectivity index (χ0v) is 17.8. The molecule has 158 valence electrons. The average Bonchev–Trinajstić information content (AvgIpc) is 3.36. The number of halogens is 1. The third-order valence-corrected chi connectivity index (χ3v) is 6.10. The molecule has 1 atom stereocenters. The Morgan fingerprint density at radius 3 is 2.55 bits per heavy atom. The number of benzene rings is 2. The van der Waals surface area contributed by atoms with E-state index in [1.165, 1.54) is 47.6 Å². The van der Waals surface area contributed by atoms with Crippen molar-refractivity contribution in [2.24, 2.45) is 0 Å². The van der Waals surface area contributed by atoms with Crippen LogP contribution in [0.25, 0.3) is 5.76 Å². The van der Waals surface area contributed by atoms with Gasteiger partial charge in [-0.15, -0.1) is 11.3 Å². The summed E-state index contributed by atoms with van der Waals surface area (Å²) < 4.78 is 18.9. The van der Waals surface area contributed by atoms with Gasteiger partial charge in [-0.25, -0.2) is 4.39 Å². The molecule has 1 fully saturated rings. The van der Waals surface area contributed by atoms with E-state index in [-0.39, 0.29) is 17.9 Å². The number of hydrogen-bond donors (Lipinski definition) is 1. The molecule has 0 radical (unpaired) electrons. The van der Waals surface area contributed by atoms with Crippen molar-refractivity contribution >= 4 is 28.8 Å². The van der Waals surface area contributed by atoms with Crippen molar-refractivity contribution < 1.29 is 23.8 Å². The number of aliphatic hydroxyl groups excluding tert-OH is 1. The van der Waals surface area contributed by atoms with Gasteiger partial charge in [0, 0.05) is 4.88 Å². The molecule has 1 saturated heterocycles. The first-order chi connectivity index (χ1) is 14.9. The number of carbonyl (C=O) groups is 2. The Bertz CT molecular complexity index is 1170. The maximum absolute atomic E-state index is 13.6. The normalized spacial score (nSPS) is 17.9. The summed E-state index contributed by atoms with van der Waals surface area (Å²) in [6, 6.07) is 13.7. The van der Waals surface area contributed by atoms with Crippen molar-refractivity contribution in [1.29, 1.82) is 0 Å². The Morgan fingerprint density at radius 1 is 1.16 bits per heavy atom. The first-order valence-corrected chi connectivity index (χ1v) is 10.5. The number of aliphatic hydroxyl groups is 1. The number of nitrogens with zero attached hydrogens (tertiary/aromatic N) is 1. The molecule has 1 aliphatic heterocycles. The molecule has 1 N–H and O–H groups in total. The molecule has 1 aliphatic rings. The highest BCUT2D eigenvalue weighted by Gasteiger charge is 2.46. The van der Waals surface area contributed by atoms with Crippen molar-refractivity contribution in [2.75, 3.05) is 7.11 Å². The van der Waals surface area contributed by atoms with Gasteiger partial charge in [0.25, 0.3) is 11.7 Å². The fraction of sp³-hybridized carbons (Fsp3) is 0.167. The van der Waals surface area contributed by atoms with E-state index in [0.717, 1.165) is 10.4 Å². The summed E-state index contributed by atoms with van der Waals surface area (Å²) in [7, 11) is 1.47. The number of hydrogen-bond acceptors (Lipinski definition) is 5. The van der Waals surface area contributed by atoms with E-state index >= 15 is 0 Å². The number of amides is 1. The lowest BCUT2D eigenvalue weighted by Crippen LogP contribution is -2.28. The fourth-order valence-corrected chi connectivity index (χ4v) is 4.46. The van der Waals surface area contributed by atoms with Crippen LogP contribution in [-0.4, -0.2) is 28.8 Å². The number of thiophene rings is 1. The average molecular weight is 437 g/mol. The zero-order valence-electron chi connectivity index (χ0n) is 17.0. The molecule has 1 aromatic heterocycles. The highest BCUT2D eigenvalue weighted by Crippen LogP contribution is 2.42. The third-order valence-electron chi connectivity index (χ3n) is 5.24. The summed E-state index contributed by atoms with van der Waals surface area (Å²) in [6.07, 6.45) is 0. The molecule has 0 bridgehead atoms. The lowest BCUT2D eigenvalue weighted by molar-refractivity contribution is -0.140. The van der Waals surface area contributed by atoms with E-state index in [4.69, 9.17) is 4.74 Å². The zero-order chi connectivity index (χ0) is 22.1. The lowest BCUT2D eigenvalue weighted by atomic mass is 9.94. The Kier molecular flexibility index (Phi) is 5.61. The topological polar surface area (TPSA) is 66.8 Å². The molecule has 4 rings (SSSR count). The molecule has 5 nitrogen and oxygen atoms in total. The van der Waals surface area contributed by atoms with E-state index in [1.807, 2.05) is 30.5 Å². The summed E-state index contributed by atoms with van der Waals surface area (Å²) in [6.45, 7) is 2.05. The van der Waals surface area contributed by atoms with Crippen LogP contribution in [0.3, 0.4) is 0 Å². The van der Waals surface area contributed by atoms with Crippen LogP contribution in [0.1, 0.15) is 27.6 Å². The number of ether oxygens (including phenoxy) is 1. The van der Waals surface area contributed by atoms with Crippen LogP contribution in [0.4, 0.5) is 4.39 Å². The minimum Gasteiger partial charge on any atom is -0.507 e. The van der Waals surface area contributed by atoms with Crippen LogP contribution in [-0.2, 0) is 16.1 Å². The predicted octanol–water partition coefficient (Wildman–Crippen LogP) is 4.83. The van der Waals surface area contributed by atoms with E-state index in [0.29, 0.717) is 16.9 Å². The summed E-state index contributed by atoms with van der Waals surface area (Å²) in [4.78, 5) is 28.4. The van der Waals surface area contributed by atoms with Crippen molar-refractivity contribution in [2.45, 2.75) is 19.5 Å². The monoisotopic (exact) mass is 437 g/mol. The predicted molar refractivity (Wildman–Crippen MR) is 116 cm³/mol. The second-order valence-corrected chi connectivity index (χ2v) is 8.29. The van der Waals surface area contributed by atoms with Gasteiger partial charge in [0.2, 0.25) is 0 Å². The van der Waals surface area contributed by atoms with Gasteiger partial charge in [-0.1, -0.05) is 29.8 Å². The highest BCUT2D eigenvalue weighted by molar-refractivity contribution is 7.09. The first kappa shape index (κ1) is 20.8. The summed E-state index contributed by atoms with van der Waals surface area (Å²) in [5, 5.41) is 13.1. The quantitative estimate of drug-likeness (QED) is 0.353. The molecule has 1 amide bonds. The highest BCUT2D eigenvalue weighted by atomic mass is 32.1. The second-order valence-electron chi connectivity index (χ2n) is 7.26. The number of Topliss-reactive ketones (excluding diaryl/α,β-unsaturated/α-hetero) is 1. The van der Waals surface area contributed by atoms with Crippen molar-refractivity contribution in [3.8, 4) is 5.75 Å². The largest absolute Gasteiger partial charge is 0.507 e. The SMILES string of the molecule is COc1ccc(C)cc1/C(O)=C1\C(=O)C(=O)N(Cc2cccs2)C1c1ccc(F)cc1. The Labute approximate surface area is 183 Å². The Morgan fingerprint density at radius 2 is 1.90 bits per heavy atom. The Balaban J connectivity index is 1.91. The van der Waals surface area contributed by atoms with E-state index in [9.17, 15) is 19.1 Å². The van der Waals surface area contributed by atoms with Gasteiger partial charge in [0.15, 0.2) is 0 Å². The molecule has 0 spiro atoms. The number of rotatable bonds is 5. The molecular formula is C24H20FNO4S. The lowest BCUT2D eigenvalue weighted by Gasteiger charge is -2.25. The van der Waals surface area contributed by atoms with E-state index < -0.39 is 23.5 Å². The standard InChI is InChI=1S/C24H20FNO4S/c1-14-5-10-19(30-2)18(12-14)22(27)20-21(15-6-8-16(25)9-7-15)26(24(29)23(20)28)13-17-4-3-11-31-17/h3-12,21,27H,13H2,1-2H3/b22-20+. The van der Waals surface area contributed by atoms with Crippen LogP contribution in [0.2, 0.25) is 0 Å². The van der Waals surface area contributed by atoms with Crippen molar-refractivity contribution in [3.63, 3.8) is 0 Å². The van der Waals surface area contributed by atoms with Crippen LogP contribution in [0, 0.1) is 12.7 Å². The summed E-state index contributed by atoms with van der Waals surface area (Å²) >= 11 is 1.46. The van der Waals surface area contributed by atoms with Crippen LogP contribution in [0.15, 0.2) is 65.6 Å². The molecule has 2 aromatic carbocycles. The molecule has 0 saturated carbocycles. The number of ketones is 1. The smallest absolute Gasteiger partial charge is 0.295 e. The number of likely N-dealkylation sites (tertiary alicyclic amines) is 1. The molecule has 3 aromatic rings. The summed E-state index contributed by atoms with van der Waals surface area (Å²) in [5.74, 6) is -1.87. The van der Waals surface area contributed by atoms with Gasteiger partial charge in [0.05, 0.1) is 30.8 Å².